The summed E-state index contributed by atoms with van der Waals surface area (Å²) >= 11 is 0. The van der Waals surface area contributed by atoms with E-state index >= 15 is 0 Å². The van der Waals surface area contributed by atoms with Gasteiger partial charge in [0.2, 0.25) is 0 Å². The van der Waals surface area contributed by atoms with Gasteiger partial charge in [-0.05, 0) is 43.9 Å². The molecule has 0 saturated heterocycles. The minimum absolute atomic E-state index is 1.17. The molecule has 2 aromatic heterocycles. The third-order valence-electron chi connectivity index (χ3n) is 5.87. The molecule has 2 heteroatoms. The molecule has 0 amide bonds. The number of para-hydroxylation sites is 2. The van der Waals surface area contributed by atoms with E-state index in [1.807, 2.05) is 0 Å². The van der Waals surface area contributed by atoms with Crippen LogP contribution in [0.3, 0.4) is 0 Å². The fourth-order valence-electron chi connectivity index (χ4n) is 4.71. The molecule has 26 heavy (non-hydrogen) atoms. The van der Waals surface area contributed by atoms with E-state index in [-0.39, 0.29) is 0 Å². The molecule has 2 heterocycles. The van der Waals surface area contributed by atoms with Crippen molar-refractivity contribution in [2.24, 2.45) is 0 Å². The monoisotopic (exact) mass is 336 g/mol. The molecule has 0 saturated carbocycles. The van der Waals surface area contributed by atoms with Gasteiger partial charge in [-0.25, -0.2) is 0 Å². The number of aromatic amines is 1. The molecular weight excluding hydrogens is 316 g/mol. The summed E-state index contributed by atoms with van der Waals surface area (Å²) in [6, 6.07) is 22.0. The highest BCUT2D eigenvalue weighted by atomic mass is 15.0. The van der Waals surface area contributed by atoms with E-state index in [0.29, 0.717) is 0 Å². The normalized spacial score (nSPS) is 15.3. The van der Waals surface area contributed by atoms with Crippen LogP contribution < -0.4 is 0 Å². The molecule has 1 N–H and O–H groups in total. The Kier molecular flexibility index (Phi) is 2.87. The molecule has 126 valence electrons. The lowest BCUT2D eigenvalue weighted by molar-refractivity contribution is 0.724. The Labute approximate surface area is 151 Å². The Morgan fingerprint density at radius 3 is 2.46 bits per heavy atom. The number of benzene rings is 3. The summed E-state index contributed by atoms with van der Waals surface area (Å²) in [6.45, 7) is 0. The van der Waals surface area contributed by atoms with Crippen LogP contribution in [0.2, 0.25) is 0 Å². The second-order valence-electron chi connectivity index (χ2n) is 7.35. The number of nitrogens with one attached hydrogen (secondary N) is 1. The Hall–Kier alpha value is -3.00. The molecular formula is C24H20N2. The van der Waals surface area contributed by atoms with Crippen molar-refractivity contribution in [2.75, 3.05) is 0 Å². The number of hydrogen-bond donors (Lipinski definition) is 1. The number of hydrogen-bond acceptors (Lipinski definition) is 0. The first-order valence-electron chi connectivity index (χ1n) is 9.54. The summed E-state index contributed by atoms with van der Waals surface area (Å²) in [5.41, 5.74) is 6.57. The predicted molar refractivity (Wildman–Crippen MR) is 112 cm³/mol. The van der Waals surface area contributed by atoms with Crippen LogP contribution in [-0.4, -0.2) is 9.55 Å². The van der Waals surface area contributed by atoms with Gasteiger partial charge >= 0.3 is 0 Å². The van der Waals surface area contributed by atoms with Crippen molar-refractivity contribution in [3.05, 3.63) is 66.7 Å². The van der Waals surface area contributed by atoms with Crippen LogP contribution >= 0.6 is 0 Å². The summed E-state index contributed by atoms with van der Waals surface area (Å²) in [5, 5.41) is 5.30. The Balaban J connectivity index is 1.84. The highest BCUT2D eigenvalue weighted by molar-refractivity contribution is 6.25. The quantitative estimate of drug-likeness (QED) is 0.346. The highest BCUT2D eigenvalue weighted by Gasteiger charge is 2.18. The third-order valence-corrected chi connectivity index (χ3v) is 5.87. The number of allylic oxidation sites excluding steroid dienone is 2. The minimum Gasteiger partial charge on any atom is -0.354 e. The van der Waals surface area contributed by atoms with E-state index in [9.17, 15) is 0 Å². The van der Waals surface area contributed by atoms with Crippen molar-refractivity contribution >= 4 is 49.3 Å². The van der Waals surface area contributed by atoms with Crippen LogP contribution in [0.25, 0.3) is 49.3 Å². The van der Waals surface area contributed by atoms with Crippen molar-refractivity contribution in [3.63, 3.8) is 0 Å². The van der Waals surface area contributed by atoms with Crippen LogP contribution in [0.1, 0.15) is 25.7 Å². The average Bonchev–Trinajstić information content (AvgIpc) is 3.24. The number of rotatable bonds is 1. The SMILES string of the molecule is C1=C(n2c3ccccc3c3c4[nH]c5ccccc5c4ccc32)CCCC1. The lowest BCUT2D eigenvalue weighted by atomic mass is 10.0. The summed E-state index contributed by atoms with van der Waals surface area (Å²) in [4.78, 5) is 3.70. The molecule has 5 aromatic rings. The van der Waals surface area contributed by atoms with Crippen molar-refractivity contribution in [2.45, 2.75) is 25.7 Å². The number of H-pyrrole nitrogens is 1. The Morgan fingerprint density at radius 1 is 0.731 bits per heavy atom. The smallest absolute Gasteiger partial charge is 0.0566 e. The maximum Gasteiger partial charge on any atom is 0.0566 e. The van der Waals surface area contributed by atoms with Crippen molar-refractivity contribution in [3.8, 4) is 0 Å². The van der Waals surface area contributed by atoms with E-state index in [1.54, 1.807) is 0 Å². The van der Waals surface area contributed by atoms with E-state index in [0.717, 1.165) is 0 Å². The zero-order valence-corrected chi connectivity index (χ0v) is 14.6. The first-order valence-corrected chi connectivity index (χ1v) is 9.54. The highest BCUT2D eigenvalue weighted by Crippen LogP contribution is 2.39. The largest absolute Gasteiger partial charge is 0.354 e. The third kappa shape index (κ3) is 1.82. The molecule has 0 fully saturated rings. The van der Waals surface area contributed by atoms with Crippen molar-refractivity contribution in [1.82, 2.24) is 9.55 Å². The lowest BCUT2D eigenvalue weighted by Crippen LogP contribution is -2.00. The fraction of sp³-hybridized carbons (Fsp3) is 0.167. The maximum atomic E-state index is 3.70. The zero-order chi connectivity index (χ0) is 17.1. The van der Waals surface area contributed by atoms with Crippen molar-refractivity contribution < 1.29 is 0 Å². The van der Waals surface area contributed by atoms with Crippen LogP contribution in [-0.2, 0) is 0 Å². The van der Waals surface area contributed by atoms with E-state index < -0.39 is 0 Å². The van der Waals surface area contributed by atoms with Crippen LogP contribution in [0.4, 0.5) is 0 Å². The molecule has 0 radical (unpaired) electrons. The van der Waals surface area contributed by atoms with Gasteiger partial charge in [0.15, 0.2) is 0 Å². The van der Waals surface area contributed by atoms with Gasteiger partial charge in [-0.15, -0.1) is 0 Å². The summed E-state index contributed by atoms with van der Waals surface area (Å²) in [5.74, 6) is 0. The molecule has 0 bridgehead atoms. The van der Waals surface area contributed by atoms with Gasteiger partial charge in [-0.1, -0.05) is 48.5 Å². The van der Waals surface area contributed by atoms with Crippen LogP contribution in [0.5, 0.6) is 0 Å². The van der Waals surface area contributed by atoms with Gasteiger partial charge in [0.05, 0.1) is 16.6 Å². The standard InChI is InChI=1S/C24H20N2/c1-2-8-16(9-3-1)26-21-13-7-5-11-19(21)23-22(26)15-14-18-17-10-4-6-12-20(17)25-24(18)23/h4-8,10-15,25H,1-3,9H2. The summed E-state index contributed by atoms with van der Waals surface area (Å²) in [7, 11) is 0. The Morgan fingerprint density at radius 2 is 1.58 bits per heavy atom. The molecule has 1 aliphatic carbocycles. The molecule has 0 aliphatic heterocycles. The molecule has 0 unspecified atom stereocenters. The number of nitrogens with zero attached hydrogens (tertiary/aromatic N) is 1. The topological polar surface area (TPSA) is 20.7 Å². The van der Waals surface area contributed by atoms with Crippen molar-refractivity contribution in [1.29, 1.82) is 0 Å². The number of aromatic nitrogens is 2. The van der Waals surface area contributed by atoms with Gasteiger partial charge in [-0.2, -0.15) is 0 Å². The zero-order valence-electron chi connectivity index (χ0n) is 14.6. The Bertz CT molecular complexity index is 1330. The van der Waals surface area contributed by atoms with Crippen LogP contribution in [0, 0.1) is 0 Å². The second kappa shape index (κ2) is 5.25. The van der Waals surface area contributed by atoms with E-state index in [2.05, 4.69) is 76.3 Å². The van der Waals surface area contributed by atoms with Crippen LogP contribution in [0.15, 0.2) is 66.7 Å². The average molecular weight is 336 g/mol. The van der Waals surface area contributed by atoms with Gasteiger partial charge in [0, 0.05) is 32.8 Å². The lowest BCUT2D eigenvalue weighted by Gasteiger charge is -2.16. The fourth-order valence-corrected chi connectivity index (χ4v) is 4.71. The summed E-state index contributed by atoms with van der Waals surface area (Å²) < 4.78 is 2.49. The predicted octanol–water partition coefficient (Wildman–Crippen LogP) is 6.84. The molecule has 1 aliphatic rings. The minimum atomic E-state index is 1.17. The van der Waals surface area contributed by atoms with E-state index in [4.69, 9.17) is 0 Å². The van der Waals surface area contributed by atoms with Gasteiger partial charge in [0.1, 0.15) is 0 Å². The van der Waals surface area contributed by atoms with Gasteiger partial charge < -0.3 is 9.55 Å². The molecule has 0 spiro atoms. The molecule has 0 atom stereocenters. The molecule has 2 nitrogen and oxygen atoms in total. The second-order valence-corrected chi connectivity index (χ2v) is 7.35. The number of fused-ring (bicyclic) bond motifs is 7. The molecule has 6 rings (SSSR count). The van der Waals surface area contributed by atoms with E-state index in [1.165, 1.54) is 75.0 Å². The van der Waals surface area contributed by atoms with Gasteiger partial charge in [0.25, 0.3) is 0 Å². The molecule has 3 aromatic carbocycles. The maximum absolute atomic E-state index is 3.70. The first-order chi connectivity index (χ1) is 12.9. The van der Waals surface area contributed by atoms with Gasteiger partial charge in [-0.3, -0.25) is 0 Å². The first kappa shape index (κ1) is 14.2. The summed E-state index contributed by atoms with van der Waals surface area (Å²) in [6.07, 6.45) is 7.39.